The highest BCUT2D eigenvalue weighted by atomic mass is 35.5. The highest BCUT2D eigenvalue weighted by Crippen LogP contribution is 2.39. The van der Waals surface area contributed by atoms with Crippen molar-refractivity contribution < 1.29 is 24.1 Å². The Morgan fingerprint density at radius 3 is 2.13 bits per heavy atom. The lowest BCUT2D eigenvalue weighted by Gasteiger charge is -2.35. The lowest BCUT2D eigenvalue weighted by atomic mass is 9.84. The number of hydrogen-bond donors (Lipinski definition) is 1. The Kier molecular flexibility index (Phi) is 15.3. The van der Waals surface area contributed by atoms with Crippen molar-refractivity contribution >= 4 is 57.8 Å². The quantitative estimate of drug-likeness (QED) is 0.0562. The van der Waals surface area contributed by atoms with E-state index in [9.17, 15) is 20.2 Å². The number of halogens is 4. The fraction of sp³-hybridized carbons (Fsp3) is 0.368. The van der Waals surface area contributed by atoms with Crippen LogP contribution in [0.5, 0.6) is 0 Å². The molecule has 1 N–H and O–H groups in total. The molecule has 2 unspecified atom stereocenters. The van der Waals surface area contributed by atoms with E-state index in [0.717, 1.165) is 33.4 Å². The first-order chi connectivity index (χ1) is 25.5. The number of nitro benzene ring substituents is 2. The molecule has 5 rings (SSSR count). The summed E-state index contributed by atoms with van der Waals surface area (Å²) < 4.78 is 17.3. The summed E-state index contributed by atoms with van der Waals surface area (Å²) in [5.41, 5.74) is 5.38. The van der Waals surface area contributed by atoms with Gasteiger partial charge in [-0.3, -0.25) is 25.1 Å². The number of hydrogen-bond acceptors (Lipinski definition) is 9. The minimum absolute atomic E-state index is 0.0187. The van der Waals surface area contributed by atoms with Gasteiger partial charge in [0.15, 0.2) is 0 Å². The van der Waals surface area contributed by atoms with E-state index in [1.54, 1.807) is 36.4 Å². The average molecular weight is 807 g/mol. The SMILES string of the molecule is Cc1c(Cl)cc(Cl)cc1C(CNCCOCCOCCOCCN1Cc2c(Cl)cc(Cl)cc2C(c2cccc([N+](=O)[O-])c2)C1)c1cccc([N+](=O)[O-])c1. The van der Waals surface area contributed by atoms with Crippen LogP contribution in [0, 0.1) is 27.2 Å². The largest absolute Gasteiger partial charge is 0.378 e. The number of non-ortho nitro benzene ring substituents is 2. The molecule has 2 atom stereocenters. The van der Waals surface area contributed by atoms with Crippen LogP contribution in [0.3, 0.4) is 0 Å². The predicted octanol–water partition coefficient (Wildman–Crippen LogP) is 8.84. The van der Waals surface area contributed by atoms with E-state index in [4.69, 9.17) is 60.6 Å². The van der Waals surface area contributed by atoms with E-state index in [1.165, 1.54) is 12.1 Å². The Hall–Kier alpha value is -3.36. The molecule has 4 aromatic rings. The molecule has 1 aliphatic heterocycles. The minimum Gasteiger partial charge on any atom is -0.378 e. The number of nitrogens with zero attached hydrogens (tertiary/aromatic N) is 3. The van der Waals surface area contributed by atoms with E-state index in [1.807, 2.05) is 31.2 Å². The van der Waals surface area contributed by atoms with Crippen molar-refractivity contribution in [1.82, 2.24) is 10.2 Å². The molecule has 0 amide bonds. The molecule has 0 saturated heterocycles. The summed E-state index contributed by atoms with van der Waals surface area (Å²) in [6.07, 6.45) is 0. The van der Waals surface area contributed by atoms with Crippen LogP contribution in [0.1, 0.15) is 45.2 Å². The number of nitro groups is 2. The second kappa shape index (κ2) is 19.8. The van der Waals surface area contributed by atoms with Crippen LogP contribution in [-0.4, -0.2) is 80.6 Å². The molecule has 282 valence electrons. The van der Waals surface area contributed by atoms with Crippen LogP contribution >= 0.6 is 46.4 Å². The first-order valence-electron chi connectivity index (χ1n) is 17.1. The van der Waals surface area contributed by atoms with Crippen molar-refractivity contribution in [3.8, 4) is 0 Å². The maximum atomic E-state index is 11.4. The minimum atomic E-state index is -0.405. The Labute approximate surface area is 328 Å². The molecule has 15 heteroatoms. The van der Waals surface area contributed by atoms with Crippen molar-refractivity contribution in [1.29, 1.82) is 0 Å². The number of nitrogens with one attached hydrogen (secondary N) is 1. The van der Waals surface area contributed by atoms with Crippen LogP contribution in [0.4, 0.5) is 11.4 Å². The van der Waals surface area contributed by atoms with Crippen LogP contribution < -0.4 is 5.32 Å². The van der Waals surface area contributed by atoms with Gasteiger partial charge in [-0.15, -0.1) is 0 Å². The summed E-state index contributed by atoms with van der Waals surface area (Å²) in [7, 11) is 0. The van der Waals surface area contributed by atoms with Gasteiger partial charge in [-0.1, -0.05) is 70.7 Å². The molecule has 11 nitrogen and oxygen atoms in total. The van der Waals surface area contributed by atoms with Crippen LogP contribution in [0.25, 0.3) is 0 Å². The van der Waals surface area contributed by atoms with E-state index >= 15 is 0 Å². The van der Waals surface area contributed by atoms with Gasteiger partial charge in [-0.2, -0.15) is 0 Å². The van der Waals surface area contributed by atoms with Crippen LogP contribution in [0.2, 0.25) is 20.1 Å². The average Bonchev–Trinajstić information content (AvgIpc) is 3.13. The first kappa shape index (κ1) is 40.8. The van der Waals surface area contributed by atoms with Crippen LogP contribution in [0.15, 0.2) is 72.8 Å². The van der Waals surface area contributed by atoms with Gasteiger partial charge < -0.3 is 19.5 Å². The molecule has 0 aliphatic carbocycles. The molecule has 0 saturated carbocycles. The van der Waals surface area contributed by atoms with Crippen molar-refractivity contribution in [3.63, 3.8) is 0 Å². The summed E-state index contributed by atoms with van der Waals surface area (Å²) in [6, 6.07) is 20.4. The predicted molar refractivity (Wildman–Crippen MR) is 208 cm³/mol. The second-order valence-electron chi connectivity index (χ2n) is 12.6. The third-order valence-corrected chi connectivity index (χ3v) is 10.3. The zero-order valence-corrected chi connectivity index (χ0v) is 32.1. The molecule has 1 aliphatic rings. The Balaban J connectivity index is 1.00. The molecular weight excluding hydrogens is 766 g/mol. The summed E-state index contributed by atoms with van der Waals surface area (Å²) in [5, 5.41) is 28.4. The smallest absolute Gasteiger partial charge is 0.269 e. The van der Waals surface area contributed by atoms with Crippen molar-refractivity contribution in [3.05, 3.63) is 146 Å². The van der Waals surface area contributed by atoms with Crippen molar-refractivity contribution in [2.75, 3.05) is 65.8 Å². The maximum absolute atomic E-state index is 11.4. The molecule has 0 radical (unpaired) electrons. The lowest BCUT2D eigenvalue weighted by molar-refractivity contribution is -0.385. The number of ether oxygens (including phenoxy) is 3. The Bertz CT molecular complexity index is 1900. The standard InChI is InChI=1S/C38H40Cl4N4O7/c1-25-32(18-28(39)20-37(25)41)34(26-4-2-6-30(16-26)45(47)48)22-43-8-10-51-12-14-53-15-13-52-11-9-44-23-35(27-5-3-7-31(17-27)46(49)50)33-19-29(40)21-38(42)36(33)24-44/h2-7,16-21,34-35,43H,8-15,22-24H2,1H3. The molecule has 0 spiro atoms. The van der Waals surface area contributed by atoms with Gasteiger partial charge in [0, 0.05) is 88.9 Å². The topological polar surface area (TPSA) is 129 Å². The van der Waals surface area contributed by atoms with Gasteiger partial charge in [0.1, 0.15) is 0 Å². The van der Waals surface area contributed by atoms with Crippen molar-refractivity contribution in [2.45, 2.75) is 25.3 Å². The van der Waals surface area contributed by atoms with Crippen molar-refractivity contribution in [2.24, 2.45) is 0 Å². The van der Waals surface area contributed by atoms with E-state index in [-0.39, 0.29) is 28.1 Å². The monoisotopic (exact) mass is 804 g/mol. The number of benzene rings is 4. The van der Waals surface area contributed by atoms with E-state index in [0.29, 0.717) is 92.5 Å². The van der Waals surface area contributed by atoms with Gasteiger partial charge in [0.05, 0.1) is 49.5 Å². The molecule has 0 bridgehead atoms. The van der Waals surface area contributed by atoms with Gasteiger partial charge in [0.25, 0.3) is 11.4 Å². The summed E-state index contributed by atoms with van der Waals surface area (Å²) in [5.74, 6) is -0.347. The lowest BCUT2D eigenvalue weighted by Crippen LogP contribution is -2.36. The van der Waals surface area contributed by atoms with E-state index in [2.05, 4.69) is 10.2 Å². The van der Waals surface area contributed by atoms with Gasteiger partial charge in [-0.25, -0.2) is 0 Å². The summed E-state index contributed by atoms with van der Waals surface area (Å²) in [6.45, 7) is 7.45. The second-order valence-corrected chi connectivity index (χ2v) is 14.3. The van der Waals surface area contributed by atoms with E-state index < -0.39 is 4.92 Å². The highest BCUT2D eigenvalue weighted by molar-refractivity contribution is 6.35. The Morgan fingerprint density at radius 2 is 1.42 bits per heavy atom. The molecule has 0 fully saturated rings. The molecule has 1 heterocycles. The maximum Gasteiger partial charge on any atom is 0.269 e. The highest BCUT2D eigenvalue weighted by Gasteiger charge is 2.29. The van der Waals surface area contributed by atoms with Gasteiger partial charge in [-0.05, 0) is 64.6 Å². The molecule has 4 aromatic carbocycles. The fourth-order valence-corrected chi connectivity index (χ4v) is 7.55. The zero-order valence-electron chi connectivity index (χ0n) is 29.1. The summed E-state index contributed by atoms with van der Waals surface area (Å²) in [4.78, 5) is 24.3. The number of fused-ring (bicyclic) bond motifs is 1. The first-order valence-corrected chi connectivity index (χ1v) is 18.6. The van der Waals surface area contributed by atoms with Gasteiger partial charge in [0.2, 0.25) is 0 Å². The zero-order chi connectivity index (χ0) is 37.9. The Morgan fingerprint density at radius 1 is 0.792 bits per heavy atom. The molecular formula is C38H40Cl4N4O7. The normalized spacial score (nSPS) is 14.9. The molecule has 53 heavy (non-hydrogen) atoms. The summed E-state index contributed by atoms with van der Waals surface area (Å²) >= 11 is 25.7. The third-order valence-electron chi connectivity index (χ3n) is 9.15. The molecule has 0 aromatic heterocycles. The number of rotatable bonds is 19. The van der Waals surface area contributed by atoms with Gasteiger partial charge >= 0.3 is 0 Å². The van der Waals surface area contributed by atoms with Crippen LogP contribution in [-0.2, 0) is 20.8 Å². The third kappa shape index (κ3) is 11.3. The fourth-order valence-electron chi connectivity index (χ4n) is 6.47.